The minimum absolute atomic E-state index is 0.0244. The molecule has 0 aliphatic carbocycles. The molecule has 4 nitrogen and oxygen atoms in total. The van der Waals surface area contributed by atoms with Crippen LogP contribution in [0.15, 0.2) is 18.5 Å². The van der Waals surface area contributed by atoms with E-state index in [4.69, 9.17) is 5.11 Å². The van der Waals surface area contributed by atoms with Crippen LogP contribution in [0.2, 0.25) is 0 Å². The molecule has 0 bridgehead atoms. The summed E-state index contributed by atoms with van der Waals surface area (Å²) in [6.45, 7) is 3.73. The topological polar surface area (TPSA) is 62.5 Å². The van der Waals surface area contributed by atoms with Gasteiger partial charge in [-0.2, -0.15) is 0 Å². The van der Waals surface area contributed by atoms with Crippen molar-refractivity contribution in [3.05, 3.63) is 24.0 Å². The van der Waals surface area contributed by atoms with E-state index in [9.17, 15) is 9.90 Å². The van der Waals surface area contributed by atoms with E-state index in [2.05, 4.69) is 0 Å². The van der Waals surface area contributed by atoms with Gasteiger partial charge in [0, 0.05) is 23.9 Å². The fourth-order valence-corrected chi connectivity index (χ4v) is 1.33. The minimum Gasteiger partial charge on any atom is -0.394 e. The van der Waals surface area contributed by atoms with Gasteiger partial charge < -0.3 is 14.8 Å². The summed E-state index contributed by atoms with van der Waals surface area (Å²) in [4.78, 5) is 11.6. The molecule has 2 N–H and O–H groups in total. The lowest BCUT2D eigenvalue weighted by Crippen LogP contribution is -2.18. The molecule has 0 fully saturated rings. The van der Waals surface area contributed by atoms with E-state index in [1.54, 1.807) is 23.0 Å². The molecule has 0 saturated heterocycles. The predicted molar refractivity (Wildman–Crippen MR) is 56.7 cm³/mol. The van der Waals surface area contributed by atoms with Crippen molar-refractivity contribution in [3.8, 4) is 0 Å². The lowest BCUT2D eigenvalue weighted by molar-refractivity contribution is 0.0811. The third-order valence-corrected chi connectivity index (χ3v) is 2.19. The summed E-state index contributed by atoms with van der Waals surface area (Å²) in [7, 11) is 0. The first-order chi connectivity index (χ1) is 7.04. The Kier molecular flexibility index (Phi) is 4.05. The van der Waals surface area contributed by atoms with Crippen molar-refractivity contribution in [1.29, 1.82) is 0 Å². The molecule has 0 radical (unpaired) electrons. The zero-order valence-corrected chi connectivity index (χ0v) is 9.05. The number of nitrogens with zero attached hydrogens (tertiary/aromatic N) is 1. The van der Waals surface area contributed by atoms with Gasteiger partial charge in [-0.25, -0.2) is 0 Å². The lowest BCUT2D eigenvalue weighted by Gasteiger charge is -2.07. The first-order valence-electron chi connectivity index (χ1n) is 5.03. The number of hydrogen-bond acceptors (Lipinski definition) is 3. The molecular formula is C11H17NO3. The fraction of sp³-hybridized carbons (Fsp3) is 0.545. The van der Waals surface area contributed by atoms with E-state index >= 15 is 0 Å². The Bertz CT molecular complexity index is 330. The number of carbonyl (C=O) groups is 1. The largest absolute Gasteiger partial charge is 0.394 e. The van der Waals surface area contributed by atoms with Crippen LogP contribution in [0.25, 0.3) is 0 Å². The Hall–Kier alpha value is -1.13. The highest BCUT2D eigenvalue weighted by molar-refractivity contribution is 5.97. The van der Waals surface area contributed by atoms with Crippen molar-refractivity contribution >= 4 is 5.78 Å². The molecule has 0 spiro atoms. The van der Waals surface area contributed by atoms with Gasteiger partial charge in [0.1, 0.15) is 0 Å². The molecule has 4 heteroatoms. The fourth-order valence-electron chi connectivity index (χ4n) is 1.33. The van der Waals surface area contributed by atoms with Gasteiger partial charge in [-0.05, 0) is 6.07 Å². The average Bonchev–Trinajstić information content (AvgIpc) is 2.64. The number of aliphatic hydroxyl groups excluding tert-OH is 2. The van der Waals surface area contributed by atoms with Crippen LogP contribution in [0.5, 0.6) is 0 Å². The molecule has 0 amide bonds. The summed E-state index contributed by atoms with van der Waals surface area (Å²) in [5, 5.41) is 17.9. The van der Waals surface area contributed by atoms with Crippen molar-refractivity contribution in [2.45, 2.75) is 26.5 Å². The molecule has 84 valence electrons. The number of Topliss-reactive ketones (excluding diaryl/α,β-unsaturated/α-hetero) is 1. The number of aliphatic hydroxyl groups is 2. The summed E-state index contributed by atoms with van der Waals surface area (Å²) < 4.78 is 1.70. The van der Waals surface area contributed by atoms with Gasteiger partial charge in [0.15, 0.2) is 5.78 Å². The molecule has 1 aromatic heterocycles. The minimum atomic E-state index is -0.778. The van der Waals surface area contributed by atoms with Gasteiger partial charge >= 0.3 is 0 Å². The second kappa shape index (κ2) is 5.09. The van der Waals surface area contributed by atoms with E-state index in [0.717, 1.165) is 0 Å². The van der Waals surface area contributed by atoms with Crippen molar-refractivity contribution in [1.82, 2.24) is 4.57 Å². The van der Waals surface area contributed by atoms with Gasteiger partial charge in [0.2, 0.25) is 0 Å². The third-order valence-electron chi connectivity index (χ3n) is 2.19. The van der Waals surface area contributed by atoms with E-state index < -0.39 is 6.10 Å². The predicted octanol–water partition coefficient (Wildman–Crippen LogP) is 0.680. The maximum Gasteiger partial charge on any atom is 0.166 e. The smallest absolute Gasteiger partial charge is 0.166 e. The Balaban J connectivity index is 2.68. The molecule has 1 rings (SSSR count). The highest BCUT2D eigenvalue weighted by Gasteiger charge is 2.12. The van der Waals surface area contributed by atoms with E-state index in [1.165, 1.54) is 0 Å². The van der Waals surface area contributed by atoms with Gasteiger partial charge in [-0.3, -0.25) is 4.79 Å². The molecule has 1 heterocycles. The molecule has 1 aromatic rings. The molecule has 0 aliphatic heterocycles. The van der Waals surface area contributed by atoms with Crippen LogP contribution in [0.4, 0.5) is 0 Å². The first kappa shape index (κ1) is 11.9. The van der Waals surface area contributed by atoms with Crippen LogP contribution in [0.3, 0.4) is 0 Å². The van der Waals surface area contributed by atoms with Crippen LogP contribution < -0.4 is 0 Å². The SMILES string of the molecule is CC(C)C(=O)c1ccn(CC(O)CO)c1. The second-order valence-corrected chi connectivity index (χ2v) is 3.95. The van der Waals surface area contributed by atoms with E-state index in [-0.39, 0.29) is 18.3 Å². The Labute approximate surface area is 89.2 Å². The highest BCUT2D eigenvalue weighted by Crippen LogP contribution is 2.09. The normalized spacial score (nSPS) is 13.1. The van der Waals surface area contributed by atoms with Gasteiger partial charge in [-0.1, -0.05) is 13.8 Å². The van der Waals surface area contributed by atoms with Crippen LogP contribution >= 0.6 is 0 Å². The molecule has 0 aromatic carbocycles. The number of ketones is 1. The van der Waals surface area contributed by atoms with Crippen molar-refractivity contribution < 1.29 is 15.0 Å². The highest BCUT2D eigenvalue weighted by atomic mass is 16.3. The van der Waals surface area contributed by atoms with Crippen LogP contribution in [0.1, 0.15) is 24.2 Å². The van der Waals surface area contributed by atoms with Gasteiger partial charge in [-0.15, -0.1) is 0 Å². The zero-order chi connectivity index (χ0) is 11.4. The summed E-state index contributed by atoms with van der Waals surface area (Å²) in [5.41, 5.74) is 0.648. The standard InChI is InChI=1S/C11H17NO3/c1-8(2)11(15)9-3-4-12(5-9)6-10(14)7-13/h3-5,8,10,13-14H,6-7H2,1-2H3. The summed E-state index contributed by atoms with van der Waals surface area (Å²) >= 11 is 0. The third kappa shape index (κ3) is 3.18. The molecule has 15 heavy (non-hydrogen) atoms. The Morgan fingerprint density at radius 3 is 2.73 bits per heavy atom. The Morgan fingerprint density at radius 1 is 1.53 bits per heavy atom. The number of hydrogen-bond donors (Lipinski definition) is 2. The molecule has 0 aliphatic rings. The summed E-state index contributed by atoms with van der Waals surface area (Å²) in [6.07, 6.45) is 2.65. The van der Waals surface area contributed by atoms with Crippen LogP contribution in [0, 0.1) is 5.92 Å². The van der Waals surface area contributed by atoms with Gasteiger partial charge in [0.05, 0.1) is 19.3 Å². The van der Waals surface area contributed by atoms with Crippen LogP contribution in [-0.4, -0.2) is 33.3 Å². The van der Waals surface area contributed by atoms with Crippen molar-refractivity contribution in [2.75, 3.05) is 6.61 Å². The number of carbonyl (C=O) groups excluding carboxylic acids is 1. The van der Waals surface area contributed by atoms with E-state index in [0.29, 0.717) is 12.1 Å². The van der Waals surface area contributed by atoms with Crippen LogP contribution in [-0.2, 0) is 6.54 Å². The maximum atomic E-state index is 11.6. The van der Waals surface area contributed by atoms with Crippen molar-refractivity contribution in [3.63, 3.8) is 0 Å². The molecule has 1 atom stereocenters. The quantitative estimate of drug-likeness (QED) is 0.704. The Morgan fingerprint density at radius 2 is 2.20 bits per heavy atom. The molecular weight excluding hydrogens is 194 g/mol. The van der Waals surface area contributed by atoms with Crippen molar-refractivity contribution in [2.24, 2.45) is 5.92 Å². The number of aromatic nitrogens is 1. The molecule has 1 unspecified atom stereocenters. The molecule has 0 saturated carbocycles. The summed E-state index contributed by atoms with van der Waals surface area (Å²) in [5.74, 6) is 0.0656. The van der Waals surface area contributed by atoms with E-state index in [1.807, 2.05) is 13.8 Å². The monoisotopic (exact) mass is 211 g/mol. The summed E-state index contributed by atoms with van der Waals surface area (Å²) in [6, 6.07) is 1.73. The lowest BCUT2D eigenvalue weighted by atomic mass is 10.0. The average molecular weight is 211 g/mol. The maximum absolute atomic E-state index is 11.6. The first-order valence-corrected chi connectivity index (χ1v) is 5.03. The zero-order valence-electron chi connectivity index (χ0n) is 9.05. The van der Waals surface area contributed by atoms with Gasteiger partial charge in [0.25, 0.3) is 0 Å². The number of rotatable bonds is 5. The second-order valence-electron chi connectivity index (χ2n) is 3.95.